The molecule has 0 amide bonds. The van der Waals surface area contributed by atoms with E-state index in [2.05, 4.69) is 20.3 Å². The predicted octanol–water partition coefficient (Wildman–Crippen LogP) is 4.63. The van der Waals surface area contributed by atoms with Gasteiger partial charge in [0.2, 0.25) is 0 Å². The molecular formula is C25H24ClF3N6O. The van der Waals surface area contributed by atoms with Gasteiger partial charge in [0.25, 0.3) is 0 Å². The molecule has 4 aromatic rings. The molecule has 1 aliphatic rings. The molecule has 0 saturated carbocycles. The van der Waals surface area contributed by atoms with Gasteiger partial charge < -0.3 is 10.0 Å². The van der Waals surface area contributed by atoms with Gasteiger partial charge in [-0.25, -0.2) is 9.67 Å². The first kappa shape index (κ1) is 24.5. The average molecular weight is 517 g/mol. The molecule has 188 valence electrons. The third-order valence-electron chi connectivity index (χ3n) is 6.67. The Bertz CT molecular complexity index is 1470. The lowest BCUT2D eigenvalue weighted by molar-refractivity contribution is -0.127. The number of rotatable bonds is 5. The highest BCUT2D eigenvalue weighted by molar-refractivity contribution is 6.31. The van der Waals surface area contributed by atoms with Gasteiger partial charge in [0.1, 0.15) is 5.15 Å². The maximum absolute atomic E-state index is 13.5. The van der Waals surface area contributed by atoms with E-state index in [9.17, 15) is 18.3 Å². The number of alkyl halides is 3. The number of anilines is 1. The molecule has 1 N–H and O–H groups in total. The molecule has 1 saturated heterocycles. The number of nitrogens with zero attached hydrogens (tertiary/aromatic N) is 6. The van der Waals surface area contributed by atoms with Crippen molar-refractivity contribution in [3.63, 3.8) is 0 Å². The van der Waals surface area contributed by atoms with Crippen molar-refractivity contribution < 1.29 is 18.3 Å². The second-order valence-electron chi connectivity index (χ2n) is 9.13. The summed E-state index contributed by atoms with van der Waals surface area (Å²) in [6.45, 7) is 4.88. The summed E-state index contributed by atoms with van der Waals surface area (Å²) in [5.74, 6) is 0. The van der Waals surface area contributed by atoms with Crippen LogP contribution in [0.3, 0.4) is 0 Å². The third-order valence-corrected chi connectivity index (χ3v) is 6.99. The fourth-order valence-corrected chi connectivity index (χ4v) is 5.11. The highest BCUT2D eigenvalue weighted by atomic mass is 35.5. The average Bonchev–Trinajstić information content (AvgIpc) is 3.19. The zero-order chi connectivity index (χ0) is 25.8. The Kier molecular flexibility index (Phi) is 5.91. The number of benzene rings is 1. The zero-order valence-corrected chi connectivity index (χ0v) is 20.7. The summed E-state index contributed by atoms with van der Waals surface area (Å²) in [5, 5.41) is 20.6. The normalized spacial score (nSPS) is 15.7. The smallest absolute Gasteiger partial charge is 0.374 e. The fourth-order valence-electron chi connectivity index (χ4n) is 4.87. The number of aliphatic hydroxyl groups is 1. The van der Waals surface area contributed by atoms with Gasteiger partial charge >= 0.3 is 6.18 Å². The molecule has 3 aromatic heterocycles. The van der Waals surface area contributed by atoms with Gasteiger partial charge in [-0.05, 0) is 44.0 Å². The number of hydrogen-bond acceptors (Lipinski definition) is 6. The van der Waals surface area contributed by atoms with E-state index in [1.807, 2.05) is 11.8 Å². The van der Waals surface area contributed by atoms with Crippen LogP contribution in [0.4, 0.5) is 18.9 Å². The molecule has 1 fully saturated rings. The Balaban J connectivity index is 1.81. The molecule has 0 bridgehead atoms. The van der Waals surface area contributed by atoms with Crippen LogP contribution in [0, 0.1) is 13.8 Å². The van der Waals surface area contributed by atoms with Crippen molar-refractivity contribution in [3.05, 3.63) is 75.5 Å². The summed E-state index contributed by atoms with van der Waals surface area (Å²) in [6.07, 6.45) is -3.32. The van der Waals surface area contributed by atoms with Crippen LogP contribution in [-0.2, 0) is 19.1 Å². The maximum Gasteiger partial charge on any atom is 0.393 e. The number of aryl methyl sites for hydroxylation is 3. The van der Waals surface area contributed by atoms with Crippen LogP contribution in [0.25, 0.3) is 10.9 Å². The predicted molar refractivity (Wildman–Crippen MR) is 130 cm³/mol. The third kappa shape index (κ3) is 4.08. The van der Waals surface area contributed by atoms with E-state index < -0.39 is 18.2 Å². The van der Waals surface area contributed by atoms with E-state index in [0.717, 1.165) is 12.1 Å². The molecular weight excluding hydrogens is 493 g/mol. The van der Waals surface area contributed by atoms with Crippen molar-refractivity contribution in [1.29, 1.82) is 0 Å². The fraction of sp³-hybridized carbons (Fsp3) is 0.360. The molecule has 1 unspecified atom stereocenters. The first-order valence-corrected chi connectivity index (χ1v) is 11.8. The Labute approximate surface area is 210 Å². The second kappa shape index (κ2) is 8.70. The van der Waals surface area contributed by atoms with Gasteiger partial charge in [-0.2, -0.15) is 13.2 Å². The summed E-state index contributed by atoms with van der Waals surface area (Å²) in [7, 11) is 1.67. The van der Waals surface area contributed by atoms with Crippen molar-refractivity contribution in [2.24, 2.45) is 7.05 Å². The lowest BCUT2D eigenvalue weighted by atomic mass is 9.82. The largest absolute Gasteiger partial charge is 0.393 e. The molecule has 0 aliphatic carbocycles. The zero-order valence-electron chi connectivity index (χ0n) is 19.9. The monoisotopic (exact) mass is 516 g/mol. The molecule has 5 rings (SSSR count). The van der Waals surface area contributed by atoms with E-state index in [1.54, 1.807) is 44.3 Å². The van der Waals surface area contributed by atoms with E-state index in [4.69, 9.17) is 11.6 Å². The van der Waals surface area contributed by atoms with Crippen LogP contribution in [-0.4, -0.2) is 49.3 Å². The number of fused-ring (bicyclic) bond motifs is 1. The van der Waals surface area contributed by atoms with E-state index in [-0.39, 0.29) is 10.7 Å². The van der Waals surface area contributed by atoms with Gasteiger partial charge in [-0.15, -0.1) is 5.10 Å². The molecule has 11 heteroatoms. The molecule has 1 aliphatic heterocycles. The molecule has 1 atom stereocenters. The highest BCUT2D eigenvalue weighted by Crippen LogP contribution is 2.43. The summed E-state index contributed by atoms with van der Waals surface area (Å²) in [6, 6.07) is 8.65. The van der Waals surface area contributed by atoms with Crippen molar-refractivity contribution in [1.82, 2.24) is 25.0 Å². The first-order chi connectivity index (χ1) is 17.0. The minimum atomic E-state index is -4.46. The minimum absolute atomic E-state index is 0.0626. The van der Waals surface area contributed by atoms with Crippen molar-refractivity contribution >= 4 is 28.2 Å². The van der Waals surface area contributed by atoms with Gasteiger partial charge in [-0.3, -0.25) is 4.98 Å². The van der Waals surface area contributed by atoms with Crippen LogP contribution >= 0.6 is 11.6 Å². The molecule has 1 aromatic carbocycles. The van der Waals surface area contributed by atoms with Crippen LogP contribution in [0.2, 0.25) is 5.15 Å². The molecule has 0 spiro atoms. The number of hydrogen-bond donors (Lipinski definition) is 1. The van der Waals surface area contributed by atoms with Gasteiger partial charge in [0.15, 0.2) is 5.60 Å². The minimum Gasteiger partial charge on any atom is -0.374 e. The maximum atomic E-state index is 13.5. The van der Waals surface area contributed by atoms with Gasteiger partial charge in [0.05, 0.1) is 29.5 Å². The molecule has 36 heavy (non-hydrogen) atoms. The molecule has 7 nitrogen and oxygen atoms in total. The summed E-state index contributed by atoms with van der Waals surface area (Å²) in [5.41, 5.74) is 1.78. The van der Waals surface area contributed by atoms with Crippen LogP contribution in [0.15, 0.2) is 36.5 Å². The lowest BCUT2D eigenvalue weighted by Crippen LogP contribution is -2.38. The van der Waals surface area contributed by atoms with Gasteiger partial charge in [0, 0.05) is 48.0 Å². The van der Waals surface area contributed by atoms with E-state index >= 15 is 0 Å². The Morgan fingerprint density at radius 2 is 1.83 bits per heavy atom. The van der Waals surface area contributed by atoms with Crippen LogP contribution in [0.1, 0.15) is 40.2 Å². The Morgan fingerprint density at radius 3 is 2.42 bits per heavy atom. The summed E-state index contributed by atoms with van der Waals surface area (Å²) in [4.78, 5) is 10.7. The van der Waals surface area contributed by atoms with E-state index in [0.29, 0.717) is 52.2 Å². The molecule has 4 heterocycles. The van der Waals surface area contributed by atoms with Crippen molar-refractivity contribution in [3.8, 4) is 0 Å². The van der Waals surface area contributed by atoms with Crippen LogP contribution in [0.5, 0.6) is 0 Å². The van der Waals surface area contributed by atoms with Crippen molar-refractivity contribution in [2.45, 2.75) is 38.5 Å². The van der Waals surface area contributed by atoms with Gasteiger partial charge in [-0.1, -0.05) is 28.9 Å². The number of aromatic nitrogens is 5. The quantitative estimate of drug-likeness (QED) is 0.390. The highest BCUT2D eigenvalue weighted by Gasteiger charge is 2.40. The standard InChI is InChI=1S/C25H24ClF3N6O/c1-14-5-7-19(15(2)31-14)25(36,21-13-30-33-34(21)3)16-6-8-20-17(11-16)22(35-9-4-10-35)18(23(26)32-20)12-24(27,28)29/h5-8,11,13,36H,4,9-10,12H2,1-3H3. The summed E-state index contributed by atoms with van der Waals surface area (Å²) >= 11 is 6.29. The lowest BCUT2D eigenvalue weighted by Gasteiger charge is -2.36. The number of halogens is 4. The Morgan fingerprint density at radius 1 is 1.08 bits per heavy atom. The molecule has 0 radical (unpaired) electrons. The SMILES string of the molecule is Cc1ccc(C(O)(c2ccc3nc(Cl)c(CC(F)(F)F)c(N4CCC4)c3c2)c2cnnn2C)c(C)n1. The topological polar surface area (TPSA) is 80.0 Å². The number of pyridine rings is 2. The second-order valence-corrected chi connectivity index (χ2v) is 9.49. The van der Waals surface area contributed by atoms with E-state index in [1.165, 1.54) is 10.9 Å². The Hall–Kier alpha value is -3.24. The summed E-state index contributed by atoms with van der Waals surface area (Å²) < 4.78 is 42.0. The first-order valence-electron chi connectivity index (χ1n) is 11.5. The van der Waals surface area contributed by atoms with Crippen LogP contribution < -0.4 is 4.90 Å². The van der Waals surface area contributed by atoms with Crippen molar-refractivity contribution in [2.75, 3.05) is 18.0 Å².